The summed E-state index contributed by atoms with van der Waals surface area (Å²) in [5.74, 6) is 0.240. The average Bonchev–Trinajstić information content (AvgIpc) is 3.15. The molecular weight excluding hydrogens is 378 g/mol. The molecule has 2 aromatic rings. The fourth-order valence-corrected chi connectivity index (χ4v) is 3.90. The highest BCUT2D eigenvalue weighted by Gasteiger charge is 2.38. The van der Waals surface area contributed by atoms with Crippen LogP contribution < -0.4 is 14.8 Å². The molecule has 2 N–H and O–H groups in total. The molecule has 0 radical (unpaired) electrons. The summed E-state index contributed by atoms with van der Waals surface area (Å²) in [7, 11) is 4.18. The van der Waals surface area contributed by atoms with Crippen LogP contribution in [0.2, 0.25) is 0 Å². The van der Waals surface area contributed by atoms with Crippen LogP contribution in [0.25, 0.3) is 0 Å². The van der Waals surface area contributed by atoms with E-state index in [-0.39, 0.29) is 28.6 Å². The Balaban J connectivity index is 1.96. The minimum Gasteiger partial charge on any atom is -0.502 e. The number of carbonyl (C=O) groups is 2. The van der Waals surface area contributed by atoms with Gasteiger partial charge in [0.25, 0.3) is 0 Å². The van der Waals surface area contributed by atoms with Gasteiger partial charge in [-0.25, -0.2) is 9.48 Å². The van der Waals surface area contributed by atoms with Gasteiger partial charge in [-0.05, 0) is 30.5 Å². The van der Waals surface area contributed by atoms with Crippen molar-refractivity contribution >= 4 is 17.6 Å². The van der Waals surface area contributed by atoms with Gasteiger partial charge in [-0.3, -0.25) is 4.79 Å². The highest BCUT2D eigenvalue weighted by Crippen LogP contribution is 2.45. The number of hydrogen-bond acceptors (Lipinski definition) is 8. The van der Waals surface area contributed by atoms with Gasteiger partial charge in [0, 0.05) is 17.7 Å². The first kappa shape index (κ1) is 18.9. The van der Waals surface area contributed by atoms with Crippen molar-refractivity contribution in [3.05, 3.63) is 40.7 Å². The number of ether oxygens (including phenoxy) is 3. The van der Waals surface area contributed by atoms with Crippen LogP contribution in [0.5, 0.6) is 17.2 Å². The summed E-state index contributed by atoms with van der Waals surface area (Å²) in [6.45, 7) is 0. The molecule has 0 amide bonds. The van der Waals surface area contributed by atoms with Crippen LogP contribution in [0.15, 0.2) is 29.6 Å². The average molecular weight is 399 g/mol. The van der Waals surface area contributed by atoms with Gasteiger partial charge in [0.1, 0.15) is 17.4 Å². The molecule has 9 heteroatoms. The Hall–Kier alpha value is -3.49. The Labute approximate surface area is 166 Å². The molecule has 152 valence electrons. The van der Waals surface area contributed by atoms with E-state index in [1.54, 1.807) is 16.8 Å². The Morgan fingerprint density at radius 1 is 1.21 bits per heavy atom. The Morgan fingerprint density at radius 2 is 1.90 bits per heavy atom. The molecule has 4 rings (SSSR count). The summed E-state index contributed by atoms with van der Waals surface area (Å²) in [5.41, 5.74) is 2.26. The molecular formula is C20H21N3O6. The number of benzene rings is 1. The summed E-state index contributed by atoms with van der Waals surface area (Å²) >= 11 is 0. The molecule has 1 aliphatic heterocycles. The van der Waals surface area contributed by atoms with Crippen LogP contribution in [-0.4, -0.2) is 48.0 Å². The topological polar surface area (TPSA) is 112 Å². The van der Waals surface area contributed by atoms with Crippen LogP contribution in [0.3, 0.4) is 0 Å². The number of anilines is 1. The number of methoxy groups -OCH3 is 3. The molecule has 0 unspecified atom stereocenters. The number of carbonyl (C=O) groups excluding carboxylic acids is 2. The van der Waals surface area contributed by atoms with E-state index in [0.29, 0.717) is 29.8 Å². The number of nitrogens with zero attached hydrogens (tertiary/aromatic N) is 2. The number of phenolic OH excluding ortho intramolecular Hbond substituents is 1. The molecule has 0 fully saturated rings. The van der Waals surface area contributed by atoms with Gasteiger partial charge >= 0.3 is 5.97 Å². The van der Waals surface area contributed by atoms with Crippen molar-refractivity contribution in [3.8, 4) is 17.2 Å². The van der Waals surface area contributed by atoms with Crippen molar-refractivity contribution in [2.45, 2.75) is 25.3 Å². The summed E-state index contributed by atoms with van der Waals surface area (Å²) < 4.78 is 17.0. The van der Waals surface area contributed by atoms with Gasteiger partial charge in [-0.2, -0.15) is 5.10 Å². The molecule has 1 aliphatic carbocycles. The lowest BCUT2D eigenvalue weighted by Crippen LogP contribution is -2.32. The molecule has 0 spiro atoms. The fraction of sp³-hybridized carbons (Fsp3) is 0.350. The second-order valence-electron chi connectivity index (χ2n) is 6.81. The zero-order valence-electron chi connectivity index (χ0n) is 16.3. The first-order valence-corrected chi connectivity index (χ1v) is 9.14. The monoisotopic (exact) mass is 399 g/mol. The van der Waals surface area contributed by atoms with Gasteiger partial charge in [0.15, 0.2) is 17.3 Å². The zero-order chi connectivity index (χ0) is 20.7. The van der Waals surface area contributed by atoms with E-state index >= 15 is 0 Å². The van der Waals surface area contributed by atoms with Crippen molar-refractivity contribution in [2.24, 2.45) is 0 Å². The molecule has 9 nitrogen and oxygen atoms in total. The van der Waals surface area contributed by atoms with Crippen molar-refractivity contribution in [3.63, 3.8) is 0 Å². The van der Waals surface area contributed by atoms with E-state index in [0.717, 1.165) is 12.1 Å². The summed E-state index contributed by atoms with van der Waals surface area (Å²) in [6.07, 6.45) is 3.25. The number of rotatable bonds is 4. The molecule has 0 saturated carbocycles. The van der Waals surface area contributed by atoms with Crippen molar-refractivity contribution < 1.29 is 28.9 Å². The highest BCUT2D eigenvalue weighted by molar-refractivity contribution is 6.01. The quantitative estimate of drug-likeness (QED) is 0.754. The van der Waals surface area contributed by atoms with Crippen LogP contribution >= 0.6 is 0 Å². The van der Waals surface area contributed by atoms with Crippen molar-refractivity contribution in [2.75, 3.05) is 26.6 Å². The minimum absolute atomic E-state index is 0.00975. The number of phenols is 1. The lowest BCUT2D eigenvalue weighted by Gasteiger charge is -2.33. The van der Waals surface area contributed by atoms with Crippen LogP contribution in [0.1, 0.15) is 41.2 Å². The van der Waals surface area contributed by atoms with Gasteiger partial charge < -0.3 is 24.6 Å². The first-order valence-electron chi connectivity index (χ1n) is 9.14. The predicted octanol–water partition coefficient (Wildman–Crippen LogP) is 2.41. The Kier molecular flexibility index (Phi) is 4.65. The van der Waals surface area contributed by atoms with E-state index in [4.69, 9.17) is 14.2 Å². The van der Waals surface area contributed by atoms with E-state index in [2.05, 4.69) is 10.4 Å². The molecule has 2 aliphatic rings. The maximum absolute atomic E-state index is 12.9. The van der Waals surface area contributed by atoms with Gasteiger partial charge in [0.2, 0.25) is 5.75 Å². The van der Waals surface area contributed by atoms with Crippen LogP contribution in [0.4, 0.5) is 5.82 Å². The normalized spacial score (nSPS) is 17.9. The molecule has 1 aromatic heterocycles. The summed E-state index contributed by atoms with van der Waals surface area (Å²) in [6, 6.07) is 2.68. The third-order valence-electron chi connectivity index (χ3n) is 5.26. The molecule has 0 saturated heterocycles. The number of allylic oxidation sites excluding steroid dienone is 2. The van der Waals surface area contributed by atoms with Gasteiger partial charge in [-0.15, -0.1) is 0 Å². The molecule has 2 heterocycles. The first-order chi connectivity index (χ1) is 14.0. The lowest BCUT2D eigenvalue weighted by molar-refractivity contribution is -0.116. The second-order valence-corrected chi connectivity index (χ2v) is 6.81. The second kappa shape index (κ2) is 7.16. The van der Waals surface area contributed by atoms with Crippen LogP contribution in [-0.2, 0) is 9.53 Å². The predicted molar refractivity (Wildman–Crippen MR) is 102 cm³/mol. The zero-order valence-corrected chi connectivity index (χ0v) is 16.3. The number of nitrogens with one attached hydrogen (secondary N) is 1. The molecule has 29 heavy (non-hydrogen) atoms. The van der Waals surface area contributed by atoms with E-state index < -0.39 is 12.0 Å². The number of fused-ring (bicyclic) bond motifs is 1. The number of Topliss-reactive ketones (excluding diaryl/α,β-unsaturated/α-hetero) is 1. The fourth-order valence-electron chi connectivity index (χ4n) is 3.90. The highest BCUT2D eigenvalue weighted by atomic mass is 16.5. The maximum atomic E-state index is 12.9. The van der Waals surface area contributed by atoms with Crippen LogP contribution in [0, 0.1) is 0 Å². The third-order valence-corrected chi connectivity index (χ3v) is 5.26. The number of hydrogen-bond donors (Lipinski definition) is 2. The largest absolute Gasteiger partial charge is 0.502 e. The van der Waals surface area contributed by atoms with Crippen molar-refractivity contribution in [1.82, 2.24) is 9.78 Å². The SMILES string of the molecule is COC(=O)c1cnn2c1NC1=C(C(=O)CCC1)[C@@H]2c1cc(OC)c(O)c(OC)c1. The smallest absolute Gasteiger partial charge is 0.343 e. The van der Waals surface area contributed by atoms with Gasteiger partial charge in [-0.1, -0.05) is 0 Å². The molecule has 1 atom stereocenters. The van der Waals surface area contributed by atoms with E-state index in [9.17, 15) is 14.7 Å². The molecule has 0 bridgehead atoms. The Morgan fingerprint density at radius 3 is 2.52 bits per heavy atom. The number of ketones is 1. The lowest BCUT2D eigenvalue weighted by atomic mass is 9.85. The summed E-state index contributed by atoms with van der Waals surface area (Å²) in [4.78, 5) is 25.0. The van der Waals surface area contributed by atoms with E-state index in [1.165, 1.54) is 27.5 Å². The van der Waals surface area contributed by atoms with Gasteiger partial charge in [0.05, 0.1) is 27.5 Å². The standard InChI is InChI=1S/C20H21N3O6/c1-27-14-7-10(8-15(28-2)18(14)25)17-16-12(5-4-6-13(16)24)22-19-11(20(26)29-3)9-21-23(17)19/h7-9,17,22,25H,4-6H2,1-3H3/t17-/m0/s1. The minimum atomic E-state index is -0.601. The number of aromatic hydroxyl groups is 1. The maximum Gasteiger partial charge on any atom is 0.343 e. The Bertz CT molecular complexity index is 1010. The summed E-state index contributed by atoms with van der Waals surface area (Å²) in [5, 5.41) is 17.8. The molecule has 1 aromatic carbocycles. The third kappa shape index (κ3) is 2.89. The number of esters is 1. The van der Waals surface area contributed by atoms with Crippen molar-refractivity contribution in [1.29, 1.82) is 0 Å². The number of aromatic nitrogens is 2. The van der Waals surface area contributed by atoms with E-state index in [1.807, 2.05) is 0 Å².